The second-order valence-electron chi connectivity index (χ2n) is 18.4. The number of nitrogens with zero attached hydrogens (tertiary/aromatic N) is 3. The molecule has 1 fully saturated rings. The van der Waals surface area contributed by atoms with E-state index >= 15 is 0 Å². The van der Waals surface area contributed by atoms with Gasteiger partial charge in [-0.1, -0.05) is 106 Å². The molecule has 1 aromatic carbocycles. The van der Waals surface area contributed by atoms with Crippen LogP contribution >= 0.6 is 0 Å². The molecular weight excluding hydrogens is 707 g/mol. The average Bonchev–Trinajstić information content (AvgIpc) is 3.62. The summed E-state index contributed by atoms with van der Waals surface area (Å²) in [7, 11) is 8.76. The molecule has 0 unspecified atom stereocenters. The van der Waals surface area contributed by atoms with Crippen LogP contribution in [0.25, 0.3) is 0 Å². The molecule has 0 saturated carbocycles. The van der Waals surface area contributed by atoms with Crippen LogP contribution in [-0.2, 0) is 39.9 Å². The largest absolute Gasteiger partial charge is 0.379 e. The van der Waals surface area contributed by atoms with Crippen molar-refractivity contribution in [2.75, 3.05) is 41.9 Å². The van der Waals surface area contributed by atoms with Gasteiger partial charge in [0.2, 0.25) is 11.8 Å². The SMILES string of the molecule is CC[C@H](C)[C@@H]([C@@H](CC(=O)N1CCC[C@H]1[C@H](OC)[C@@H](C)C(=O)C[C@@H](Cc1ccccc1)C(=O)C(C)(C)C)OC)N(C)C(=O)[C@@H](CC(=O)[C@H](C(C)C)N(C)C)C(C)C. The lowest BCUT2D eigenvalue weighted by Gasteiger charge is -2.41. The monoisotopic (exact) mass is 784 g/mol. The molecule has 1 heterocycles. The molecule has 1 aliphatic heterocycles. The van der Waals surface area contributed by atoms with Crippen molar-refractivity contribution in [2.24, 2.45) is 40.9 Å². The van der Waals surface area contributed by atoms with Gasteiger partial charge in [0.05, 0.1) is 36.8 Å². The Kier molecular flexibility index (Phi) is 19.6. The number of hydrogen-bond acceptors (Lipinski definition) is 8. The first-order chi connectivity index (χ1) is 26.1. The highest BCUT2D eigenvalue weighted by Crippen LogP contribution is 2.33. The quantitative estimate of drug-likeness (QED) is 0.115. The number of rotatable bonds is 23. The molecule has 10 nitrogen and oxygen atoms in total. The number of ketones is 3. The molecule has 1 aliphatic rings. The standard InChI is InChI=1S/C46H77N3O7/c1-16-31(6)42(48(13)45(54)35(29(2)3)27-38(51)41(30(4)5)47(11)12)39(55-14)28-40(52)49-24-20-23-36(49)43(56-15)32(7)37(50)26-34(44(53)46(8,9)10)25-33-21-18-17-19-22-33/h17-19,21-22,29-32,34-36,39,41-43H,16,20,23-28H2,1-15H3/t31-,32-,34+,35-,36-,39+,41-,42-,43+/m0/s1. The van der Waals surface area contributed by atoms with Crippen LogP contribution in [0.2, 0.25) is 0 Å². The van der Waals surface area contributed by atoms with Crippen LogP contribution < -0.4 is 0 Å². The number of benzene rings is 1. The van der Waals surface area contributed by atoms with Gasteiger partial charge in [-0.3, -0.25) is 28.9 Å². The van der Waals surface area contributed by atoms with Crippen LogP contribution in [0.4, 0.5) is 0 Å². The third-order valence-electron chi connectivity index (χ3n) is 12.3. The molecule has 2 amide bonds. The first-order valence-electron chi connectivity index (χ1n) is 21.0. The second kappa shape index (κ2) is 22.3. The molecule has 0 radical (unpaired) electrons. The van der Waals surface area contributed by atoms with E-state index in [0.29, 0.717) is 19.4 Å². The van der Waals surface area contributed by atoms with Gasteiger partial charge in [0.25, 0.3) is 0 Å². The zero-order valence-corrected chi connectivity index (χ0v) is 37.6. The van der Waals surface area contributed by atoms with Crippen LogP contribution in [0.1, 0.15) is 113 Å². The minimum atomic E-state index is -0.599. The summed E-state index contributed by atoms with van der Waals surface area (Å²) in [6, 6.07) is 8.79. The minimum Gasteiger partial charge on any atom is -0.379 e. The molecule has 0 aliphatic carbocycles. The normalized spacial score (nSPS) is 19.3. The van der Waals surface area contributed by atoms with Crippen molar-refractivity contribution >= 4 is 29.2 Å². The molecule has 10 heteroatoms. The van der Waals surface area contributed by atoms with Crippen LogP contribution in [0.5, 0.6) is 0 Å². The molecule has 2 rings (SSSR count). The first kappa shape index (κ1) is 49.2. The number of methoxy groups -OCH3 is 2. The van der Waals surface area contributed by atoms with Gasteiger partial charge >= 0.3 is 0 Å². The first-order valence-corrected chi connectivity index (χ1v) is 21.0. The van der Waals surface area contributed by atoms with Crippen molar-refractivity contribution in [3.05, 3.63) is 35.9 Å². The fraction of sp³-hybridized carbons (Fsp3) is 0.761. The van der Waals surface area contributed by atoms with Gasteiger partial charge in [0.15, 0.2) is 5.78 Å². The summed E-state index contributed by atoms with van der Waals surface area (Å²) in [6.45, 7) is 20.2. The van der Waals surface area contributed by atoms with Gasteiger partial charge < -0.3 is 19.3 Å². The number of carbonyl (C=O) groups excluding carboxylic acids is 5. The van der Waals surface area contributed by atoms with E-state index in [-0.39, 0.29) is 78.3 Å². The molecular formula is C46H77N3O7. The van der Waals surface area contributed by atoms with Crippen molar-refractivity contribution in [1.82, 2.24) is 14.7 Å². The highest BCUT2D eigenvalue weighted by Gasteiger charge is 2.44. The Balaban J connectivity index is 2.32. The molecule has 0 spiro atoms. The van der Waals surface area contributed by atoms with Crippen LogP contribution in [0, 0.1) is 40.9 Å². The Morgan fingerprint density at radius 3 is 1.93 bits per heavy atom. The number of hydrogen-bond donors (Lipinski definition) is 0. The summed E-state index contributed by atoms with van der Waals surface area (Å²) < 4.78 is 12.1. The molecule has 0 bridgehead atoms. The van der Waals surface area contributed by atoms with E-state index in [1.807, 2.05) is 110 Å². The number of amides is 2. The number of Topliss-reactive ketones (excluding diaryl/α,β-unsaturated/α-hetero) is 3. The zero-order valence-electron chi connectivity index (χ0n) is 37.6. The van der Waals surface area contributed by atoms with Crippen LogP contribution in [0.3, 0.4) is 0 Å². The summed E-state index contributed by atoms with van der Waals surface area (Å²) in [6.07, 6.45) is 1.87. The Morgan fingerprint density at radius 1 is 0.839 bits per heavy atom. The van der Waals surface area contributed by atoms with Crippen molar-refractivity contribution < 1.29 is 33.4 Å². The third kappa shape index (κ3) is 13.0. The molecule has 56 heavy (non-hydrogen) atoms. The number of carbonyl (C=O) groups is 5. The van der Waals surface area contributed by atoms with Gasteiger partial charge in [0.1, 0.15) is 11.6 Å². The Bertz CT molecular complexity index is 1410. The van der Waals surface area contributed by atoms with Crippen molar-refractivity contribution in [3.63, 3.8) is 0 Å². The van der Waals surface area contributed by atoms with Gasteiger partial charge in [-0.25, -0.2) is 0 Å². The summed E-state index contributed by atoms with van der Waals surface area (Å²) >= 11 is 0. The van der Waals surface area contributed by atoms with E-state index in [9.17, 15) is 24.0 Å². The predicted molar refractivity (Wildman–Crippen MR) is 224 cm³/mol. The zero-order chi connectivity index (χ0) is 42.7. The van der Waals surface area contributed by atoms with E-state index in [1.54, 1.807) is 26.2 Å². The maximum Gasteiger partial charge on any atom is 0.226 e. The number of likely N-dealkylation sites (tertiary alicyclic amines) is 1. The Hall–Kier alpha value is -2.95. The lowest BCUT2D eigenvalue weighted by molar-refractivity contribution is -0.149. The molecule has 0 N–H and O–H groups in total. The van der Waals surface area contributed by atoms with Crippen molar-refractivity contribution in [3.8, 4) is 0 Å². The number of ether oxygens (including phenoxy) is 2. The van der Waals surface area contributed by atoms with Gasteiger partial charge in [0, 0.05) is 63.8 Å². The maximum atomic E-state index is 14.3. The Labute approximate surface area is 339 Å². The van der Waals surface area contributed by atoms with Crippen molar-refractivity contribution in [2.45, 2.75) is 145 Å². The van der Waals surface area contributed by atoms with E-state index < -0.39 is 41.4 Å². The van der Waals surface area contributed by atoms with E-state index in [1.165, 1.54) is 0 Å². The number of likely N-dealkylation sites (N-methyl/N-ethyl adjacent to an activating group) is 2. The average molecular weight is 784 g/mol. The molecule has 1 saturated heterocycles. The smallest absolute Gasteiger partial charge is 0.226 e. The van der Waals surface area contributed by atoms with Crippen molar-refractivity contribution in [1.29, 1.82) is 0 Å². The van der Waals surface area contributed by atoms with E-state index in [0.717, 1.165) is 18.4 Å². The molecule has 0 aromatic heterocycles. The highest BCUT2D eigenvalue weighted by atomic mass is 16.5. The molecule has 9 atom stereocenters. The third-order valence-corrected chi connectivity index (χ3v) is 12.3. The van der Waals surface area contributed by atoms with Gasteiger partial charge in [-0.05, 0) is 56.7 Å². The summed E-state index contributed by atoms with van der Waals surface area (Å²) in [4.78, 5) is 75.4. The predicted octanol–water partition coefficient (Wildman–Crippen LogP) is 7.16. The molecule has 318 valence electrons. The maximum absolute atomic E-state index is 14.3. The topological polar surface area (TPSA) is 114 Å². The van der Waals surface area contributed by atoms with Gasteiger partial charge in [-0.2, -0.15) is 0 Å². The summed E-state index contributed by atoms with van der Waals surface area (Å²) in [5.41, 5.74) is 0.414. The lowest BCUT2D eigenvalue weighted by Crippen LogP contribution is -2.54. The second-order valence-corrected chi connectivity index (χ2v) is 18.4. The van der Waals surface area contributed by atoms with Crippen LogP contribution in [0.15, 0.2) is 30.3 Å². The Morgan fingerprint density at radius 2 is 1.45 bits per heavy atom. The van der Waals surface area contributed by atoms with E-state index in [2.05, 4.69) is 13.8 Å². The minimum absolute atomic E-state index is 0.00813. The van der Waals surface area contributed by atoms with E-state index in [4.69, 9.17) is 9.47 Å². The highest BCUT2D eigenvalue weighted by molar-refractivity contribution is 5.92. The molecule has 1 aromatic rings. The summed E-state index contributed by atoms with van der Waals surface area (Å²) in [5, 5.41) is 0. The fourth-order valence-corrected chi connectivity index (χ4v) is 9.00. The lowest BCUT2D eigenvalue weighted by atomic mass is 9.76. The fourth-order valence-electron chi connectivity index (χ4n) is 9.00. The summed E-state index contributed by atoms with van der Waals surface area (Å²) in [5.74, 6) is -1.64. The van der Waals surface area contributed by atoms with Crippen LogP contribution in [-0.4, -0.2) is 116 Å². The van der Waals surface area contributed by atoms with Gasteiger partial charge in [-0.15, -0.1) is 0 Å².